The van der Waals surface area contributed by atoms with Crippen molar-refractivity contribution in [3.8, 4) is 0 Å². The molecule has 64 valence electrons. The Kier molecular flexibility index (Phi) is 8.35. The fraction of sp³-hybridized carbons (Fsp3) is 1.00. The standard InChI is InChI=1S/C3H6F3NO2S.Na.H/c4-3(5,6)1-2-7-10(8)9;;/h7H,1-2H2,(H,8,9);;/q;+1;-1/p-1. The van der Waals surface area contributed by atoms with Crippen LogP contribution in [0.2, 0.25) is 0 Å². The zero-order valence-corrected chi connectivity index (χ0v) is 8.59. The van der Waals surface area contributed by atoms with Gasteiger partial charge in [0.25, 0.3) is 0 Å². The van der Waals surface area contributed by atoms with E-state index >= 15 is 0 Å². The average molecular weight is 200 g/mol. The largest absolute Gasteiger partial charge is 1.00 e. The van der Waals surface area contributed by atoms with Crippen molar-refractivity contribution >= 4 is 11.3 Å². The monoisotopic (exact) mass is 200 g/mol. The minimum Gasteiger partial charge on any atom is -1.00 e. The fourth-order valence-electron chi connectivity index (χ4n) is 0.276. The molecule has 0 bridgehead atoms. The van der Waals surface area contributed by atoms with Gasteiger partial charge in [-0.3, -0.25) is 4.21 Å². The van der Waals surface area contributed by atoms with E-state index in [0.29, 0.717) is 0 Å². The molecular formula is C3H6F3NNaO2S-. The molecule has 0 aromatic rings. The first kappa shape index (κ1) is 14.4. The average Bonchev–Trinajstić information content (AvgIpc) is 1.59. The van der Waals surface area contributed by atoms with Crippen LogP contribution in [-0.2, 0) is 11.3 Å². The van der Waals surface area contributed by atoms with E-state index in [9.17, 15) is 21.9 Å². The van der Waals surface area contributed by atoms with E-state index in [4.69, 9.17) is 0 Å². The van der Waals surface area contributed by atoms with Gasteiger partial charge in [0.05, 0.1) is 6.42 Å². The van der Waals surface area contributed by atoms with Crippen molar-refractivity contribution < 1.29 is 52.9 Å². The van der Waals surface area contributed by atoms with Crippen LogP contribution in [-0.4, -0.2) is 21.5 Å². The smallest absolute Gasteiger partial charge is 1.00 e. The number of hydrogen-bond acceptors (Lipinski definition) is 2. The Hall–Kier alpha value is 0.860. The van der Waals surface area contributed by atoms with Crippen LogP contribution in [0.15, 0.2) is 0 Å². The first-order chi connectivity index (χ1) is 4.42. The van der Waals surface area contributed by atoms with E-state index in [2.05, 4.69) is 0 Å². The van der Waals surface area contributed by atoms with Crippen LogP contribution < -0.4 is 34.3 Å². The van der Waals surface area contributed by atoms with Crippen LogP contribution in [0.1, 0.15) is 7.85 Å². The Bertz CT molecular complexity index is 135. The zero-order valence-electron chi connectivity index (χ0n) is 6.77. The van der Waals surface area contributed by atoms with Crippen LogP contribution >= 0.6 is 0 Å². The second-order valence-corrected chi connectivity index (χ2v) is 2.25. The summed E-state index contributed by atoms with van der Waals surface area (Å²) >= 11 is -2.60. The summed E-state index contributed by atoms with van der Waals surface area (Å²) in [6.45, 7) is -0.598. The molecule has 0 rings (SSSR count). The summed E-state index contributed by atoms with van der Waals surface area (Å²) in [6, 6.07) is 0. The summed E-state index contributed by atoms with van der Waals surface area (Å²) in [5, 5.41) is 0. The number of halogens is 3. The third-order valence-corrected chi connectivity index (χ3v) is 1.07. The molecule has 0 spiro atoms. The van der Waals surface area contributed by atoms with Gasteiger partial charge in [0.2, 0.25) is 0 Å². The molecule has 0 heterocycles. The van der Waals surface area contributed by atoms with E-state index in [-0.39, 0.29) is 31.0 Å². The van der Waals surface area contributed by atoms with Gasteiger partial charge in [-0.1, -0.05) is 0 Å². The SMILES string of the molecule is O=S([O-])NCCC(F)(F)F.[H-].[Na+]. The van der Waals surface area contributed by atoms with E-state index in [0.717, 1.165) is 0 Å². The van der Waals surface area contributed by atoms with E-state index in [1.807, 2.05) is 0 Å². The summed E-state index contributed by atoms with van der Waals surface area (Å²) in [7, 11) is 0. The molecule has 1 N–H and O–H groups in total. The Labute approximate surface area is 87.9 Å². The van der Waals surface area contributed by atoms with Crippen LogP contribution in [0.25, 0.3) is 0 Å². The van der Waals surface area contributed by atoms with E-state index in [1.54, 1.807) is 4.72 Å². The molecule has 0 amide bonds. The summed E-state index contributed by atoms with van der Waals surface area (Å²) < 4.78 is 54.6. The third kappa shape index (κ3) is 13.8. The van der Waals surface area contributed by atoms with Gasteiger partial charge in [0.1, 0.15) is 0 Å². The van der Waals surface area contributed by atoms with Gasteiger partial charge in [-0.2, -0.15) is 13.2 Å². The first-order valence-electron chi connectivity index (χ1n) is 2.31. The van der Waals surface area contributed by atoms with Gasteiger partial charge in [-0.05, 0) is 0 Å². The molecule has 0 saturated carbocycles. The van der Waals surface area contributed by atoms with Crippen molar-refractivity contribution in [2.24, 2.45) is 0 Å². The first-order valence-corrected chi connectivity index (χ1v) is 3.39. The van der Waals surface area contributed by atoms with E-state index in [1.165, 1.54) is 0 Å². The predicted molar refractivity (Wildman–Crippen MR) is 28.7 cm³/mol. The molecule has 0 aliphatic rings. The summed E-state index contributed by atoms with van der Waals surface area (Å²) in [5.41, 5.74) is 0. The topological polar surface area (TPSA) is 52.2 Å². The number of hydrogen-bond donors (Lipinski definition) is 1. The van der Waals surface area contributed by atoms with Gasteiger partial charge in [0, 0.05) is 17.8 Å². The van der Waals surface area contributed by atoms with Gasteiger partial charge < -0.3 is 5.98 Å². The Morgan fingerprint density at radius 2 is 2.00 bits per heavy atom. The van der Waals surface area contributed by atoms with Crippen LogP contribution in [0, 0.1) is 0 Å². The molecule has 0 aliphatic heterocycles. The molecule has 0 aromatic heterocycles. The minimum absolute atomic E-state index is 0. The molecule has 0 aliphatic carbocycles. The Balaban J connectivity index is -0.000000405. The van der Waals surface area contributed by atoms with Gasteiger partial charge in [-0.25, -0.2) is 4.72 Å². The maximum absolute atomic E-state index is 11.3. The fourth-order valence-corrected chi connectivity index (χ4v) is 0.545. The molecule has 0 saturated heterocycles. The molecule has 0 fully saturated rings. The van der Waals surface area contributed by atoms with Crippen molar-refractivity contribution in [1.82, 2.24) is 4.72 Å². The Morgan fingerprint density at radius 3 is 2.27 bits per heavy atom. The maximum Gasteiger partial charge on any atom is 1.00 e. The second-order valence-electron chi connectivity index (χ2n) is 1.49. The molecule has 0 aromatic carbocycles. The van der Waals surface area contributed by atoms with Gasteiger partial charge >= 0.3 is 35.7 Å². The molecule has 1 unspecified atom stereocenters. The number of nitrogens with one attached hydrogen (secondary N) is 1. The summed E-state index contributed by atoms with van der Waals surface area (Å²) in [6.07, 6.45) is -5.44. The molecule has 3 nitrogen and oxygen atoms in total. The van der Waals surface area contributed by atoms with Gasteiger partial charge in [0.15, 0.2) is 0 Å². The summed E-state index contributed by atoms with van der Waals surface area (Å²) in [4.78, 5) is 0. The van der Waals surface area contributed by atoms with Gasteiger partial charge in [-0.15, -0.1) is 0 Å². The molecule has 8 heteroatoms. The van der Waals surface area contributed by atoms with Crippen LogP contribution in [0.4, 0.5) is 13.2 Å². The zero-order chi connectivity index (χ0) is 8.20. The van der Waals surface area contributed by atoms with Crippen molar-refractivity contribution in [2.45, 2.75) is 12.6 Å². The van der Waals surface area contributed by atoms with Crippen molar-refractivity contribution in [3.63, 3.8) is 0 Å². The molecule has 1 atom stereocenters. The normalized spacial score (nSPS) is 13.8. The number of alkyl halides is 3. The maximum atomic E-state index is 11.3. The predicted octanol–water partition coefficient (Wildman–Crippen LogP) is -2.56. The van der Waals surface area contributed by atoms with E-state index < -0.39 is 30.4 Å². The van der Waals surface area contributed by atoms with Crippen molar-refractivity contribution in [2.75, 3.05) is 6.54 Å². The Morgan fingerprint density at radius 1 is 1.55 bits per heavy atom. The molecule has 11 heavy (non-hydrogen) atoms. The van der Waals surface area contributed by atoms with Crippen molar-refractivity contribution in [3.05, 3.63) is 0 Å². The van der Waals surface area contributed by atoms with Crippen LogP contribution in [0.3, 0.4) is 0 Å². The third-order valence-electron chi connectivity index (χ3n) is 0.628. The molecule has 0 radical (unpaired) electrons. The minimum atomic E-state index is -4.30. The summed E-state index contributed by atoms with van der Waals surface area (Å²) in [5.74, 6) is 0. The second kappa shape index (κ2) is 6.38. The quantitative estimate of drug-likeness (QED) is 0.402. The van der Waals surface area contributed by atoms with Crippen LogP contribution in [0.5, 0.6) is 0 Å². The number of rotatable bonds is 3. The van der Waals surface area contributed by atoms with Crippen molar-refractivity contribution in [1.29, 1.82) is 0 Å². The molecular weight excluding hydrogens is 194 g/mol.